The van der Waals surface area contributed by atoms with Crippen LogP contribution in [-0.2, 0) is 5.60 Å². The van der Waals surface area contributed by atoms with Crippen LogP contribution in [0.15, 0.2) is 23.2 Å². The summed E-state index contributed by atoms with van der Waals surface area (Å²) in [6.07, 6.45) is 8.99. The molecule has 0 aromatic carbocycles. The van der Waals surface area contributed by atoms with Crippen molar-refractivity contribution in [2.45, 2.75) is 76.6 Å². The van der Waals surface area contributed by atoms with E-state index in [1.54, 1.807) is 19.9 Å². The summed E-state index contributed by atoms with van der Waals surface area (Å²) in [6, 6.07) is 7.22. The van der Waals surface area contributed by atoms with Gasteiger partial charge in [0, 0.05) is 48.8 Å². The average Bonchev–Trinajstić information content (AvgIpc) is 3.35. The van der Waals surface area contributed by atoms with E-state index in [4.69, 9.17) is 10.2 Å². The molecule has 9 heteroatoms. The number of hydrogen-bond donors (Lipinski definition) is 4. The van der Waals surface area contributed by atoms with Crippen LogP contribution in [0.25, 0.3) is 6.08 Å². The molecular formula is C25H34N8O. The van der Waals surface area contributed by atoms with Crippen molar-refractivity contribution in [1.29, 1.82) is 5.26 Å². The van der Waals surface area contributed by atoms with Crippen LogP contribution in [-0.4, -0.2) is 56.6 Å². The molecule has 2 aliphatic rings. The summed E-state index contributed by atoms with van der Waals surface area (Å²) in [4.78, 5) is 11.6. The molecule has 2 saturated heterocycles. The maximum atomic E-state index is 10.2. The number of hydrogen-bond acceptors (Lipinski definition) is 8. The zero-order chi connectivity index (χ0) is 24.3. The van der Waals surface area contributed by atoms with Crippen molar-refractivity contribution in [3.63, 3.8) is 0 Å². The molecule has 4 heterocycles. The van der Waals surface area contributed by atoms with E-state index in [1.807, 2.05) is 25.1 Å². The lowest BCUT2D eigenvalue weighted by Gasteiger charge is -2.39. The highest BCUT2D eigenvalue weighted by atomic mass is 16.3. The highest BCUT2D eigenvalue weighted by molar-refractivity contribution is 5.78. The van der Waals surface area contributed by atoms with Gasteiger partial charge in [0.1, 0.15) is 17.2 Å². The van der Waals surface area contributed by atoms with Crippen molar-refractivity contribution in [3.8, 4) is 6.07 Å². The van der Waals surface area contributed by atoms with Crippen molar-refractivity contribution in [1.82, 2.24) is 20.1 Å². The standard InChI is InChI=1S/C25H34N8O/c1-5-7-19-20(27-4)14-22(29-23-15-21(31-32-23)25(2,3)34)30-24(19)28-16-12-17-8-9-18(13-16)33(17)11-6-10-26/h5,7,14-18,34H,4,6,8-9,11-13H2,1-3H3,(H3,28,29,30,31,32)/b7-5-/t16-,17-,18+. The molecule has 4 rings (SSSR count). The van der Waals surface area contributed by atoms with Crippen molar-refractivity contribution in [3.05, 3.63) is 29.5 Å². The summed E-state index contributed by atoms with van der Waals surface area (Å²) in [6.45, 7) is 10.0. The summed E-state index contributed by atoms with van der Waals surface area (Å²) < 4.78 is 0. The molecule has 2 bridgehead atoms. The molecule has 2 aromatic rings. The molecule has 180 valence electrons. The third kappa shape index (κ3) is 5.13. The third-order valence-corrected chi connectivity index (χ3v) is 6.74. The molecule has 0 aliphatic carbocycles. The number of nitrogens with zero attached hydrogens (tertiary/aromatic N) is 5. The minimum absolute atomic E-state index is 0.299. The number of aromatic nitrogens is 3. The van der Waals surface area contributed by atoms with Crippen molar-refractivity contribution in [2.24, 2.45) is 4.99 Å². The van der Waals surface area contributed by atoms with Crippen LogP contribution in [0.3, 0.4) is 0 Å². The smallest absolute Gasteiger partial charge is 0.153 e. The van der Waals surface area contributed by atoms with Crippen LogP contribution in [0.4, 0.5) is 23.1 Å². The monoisotopic (exact) mass is 462 g/mol. The van der Waals surface area contributed by atoms with Crippen LogP contribution in [0, 0.1) is 11.3 Å². The fourth-order valence-electron chi connectivity index (χ4n) is 5.14. The van der Waals surface area contributed by atoms with E-state index in [0.29, 0.717) is 41.9 Å². The maximum absolute atomic E-state index is 10.2. The van der Waals surface area contributed by atoms with E-state index in [-0.39, 0.29) is 0 Å². The predicted octanol–water partition coefficient (Wildman–Crippen LogP) is 4.46. The van der Waals surface area contributed by atoms with Gasteiger partial charge in [-0.05, 0) is 53.2 Å². The highest BCUT2D eigenvalue weighted by Gasteiger charge is 2.40. The topological polar surface area (TPSA) is 125 Å². The first kappa shape index (κ1) is 23.9. The third-order valence-electron chi connectivity index (χ3n) is 6.74. The van der Waals surface area contributed by atoms with Gasteiger partial charge < -0.3 is 15.7 Å². The predicted molar refractivity (Wildman–Crippen MR) is 136 cm³/mol. The Labute approximate surface area is 201 Å². The number of fused-ring (bicyclic) bond motifs is 2. The highest BCUT2D eigenvalue weighted by Crippen LogP contribution is 2.38. The number of nitriles is 1. The van der Waals surface area contributed by atoms with Gasteiger partial charge >= 0.3 is 0 Å². The molecule has 0 unspecified atom stereocenters. The molecule has 34 heavy (non-hydrogen) atoms. The Morgan fingerprint density at radius 3 is 2.65 bits per heavy atom. The van der Waals surface area contributed by atoms with Crippen LogP contribution >= 0.6 is 0 Å². The molecule has 0 saturated carbocycles. The number of aliphatic hydroxyl groups is 1. The van der Waals surface area contributed by atoms with Crippen molar-refractivity contribution in [2.75, 3.05) is 17.2 Å². The second kappa shape index (κ2) is 9.95. The first-order chi connectivity index (χ1) is 16.3. The Hall–Kier alpha value is -3.22. The fourth-order valence-corrected chi connectivity index (χ4v) is 5.14. The summed E-state index contributed by atoms with van der Waals surface area (Å²) in [5, 5.41) is 33.2. The molecule has 2 aromatic heterocycles. The zero-order valence-electron chi connectivity index (χ0n) is 20.2. The van der Waals surface area contributed by atoms with Gasteiger partial charge in [0.05, 0.1) is 17.5 Å². The first-order valence-electron chi connectivity index (χ1n) is 11.9. The van der Waals surface area contributed by atoms with Crippen LogP contribution < -0.4 is 10.6 Å². The van der Waals surface area contributed by atoms with Crippen LogP contribution in [0.2, 0.25) is 0 Å². The lowest BCUT2D eigenvalue weighted by Crippen LogP contribution is -2.47. The van der Waals surface area contributed by atoms with E-state index in [2.05, 4.69) is 43.5 Å². The largest absolute Gasteiger partial charge is 0.384 e. The summed E-state index contributed by atoms with van der Waals surface area (Å²) in [5.74, 6) is 1.92. The van der Waals surface area contributed by atoms with Gasteiger partial charge in [0.25, 0.3) is 0 Å². The van der Waals surface area contributed by atoms with Crippen molar-refractivity contribution < 1.29 is 5.11 Å². The minimum Gasteiger partial charge on any atom is -0.384 e. The number of allylic oxidation sites excluding steroid dienone is 1. The number of H-pyrrole nitrogens is 1. The number of pyridine rings is 1. The van der Waals surface area contributed by atoms with E-state index in [0.717, 1.165) is 36.5 Å². The number of aromatic amines is 1. The Morgan fingerprint density at radius 2 is 2.06 bits per heavy atom. The summed E-state index contributed by atoms with van der Waals surface area (Å²) in [5.41, 5.74) is 1.23. The fraction of sp³-hybridized carbons (Fsp3) is 0.520. The molecule has 2 aliphatic heterocycles. The normalized spacial score (nSPS) is 22.6. The molecular weight excluding hydrogens is 428 g/mol. The van der Waals surface area contributed by atoms with E-state index in [1.165, 1.54) is 12.8 Å². The maximum Gasteiger partial charge on any atom is 0.153 e. The number of rotatable bonds is 9. The van der Waals surface area contributed by atoms with E-state index >= 15 is 0 Å². The SMILES string of the molecule is C=Nc1cc(Nc2cc(C(C)(C)O)[nH]n2)nc(N[C@@H]2C[C@H]3CC[C@@H](C2)N3CCC#N)c1/C=C\C. The van der Waals surface area contributed by atoms with Gasteiger partial charge in [0.2, 0.25) is 0 Å². The second-order valence-electron chi connectivity index (χ2n) is 9.64. The molecule has 9 nitrogen and oxygen atoms in total. The Bertz CT molecular complexity index is 1080. The second-order valence-corrected chi connectivity index (χ2v) is 9.64. The number of piperidine rings is 1. The summed E-state index contributed by atoms with van der Waals surface area (Å²) >= 11 is 0. The Balaban J connectivity index is 1.57. The molecule has 0 radical (unpaired) electrons. The summed E-state index contributed by atoms with van der Waals surface area (Å²) in [7, 11) is 0. The van der Waals surface area contributed by atoms with Gasteiger partial charge in [-0.2, -0.15) is 10.4 Å². The lowest BCUT2D eigenvalue weighted by atomic mass is 9.96. The van der Waals surface area contributed by atoms with Gasteiger partial charge in [-0.3, -0.25) is 15.0 Å². The number of aliphatic imine (C=N–C) groups is 1. The van der Waals surface area contributed by atoms with Gasteiger partial charge in [0.15, 0.2) is 5.82 Å². The molecule has 0 spiro atoms. The number of anilines is 3. The van der Waals surface area contributed by atoms with E-state index in [9.17, 15) is 5.11 Å². The number of nitrogens with one attached hydrogen (secondary N) is 3. The molecule has 2 fully saturated rings. The van der Waals surface area contributed by atoms with Crippen molar-refractivity contribution >= 4 is 35.9 Å². The van der Waals surface area contributed by atoms with Crippen LogP contribution in [0.5, 0.6) is 0 Å². The minimum atomic E-state index is -1.02. The lowest BCUT2D eigenvalue weighted by molar-refractivity contribution is 0.0738. The molecule has 4 N–H and O–H groups in total. The molecule has 0 amide bonds. The Morgan fingerprint density at radius 1 is 1.32 bits per heavy atom. The van der Waals surface area contributed by atoms with Crippen LogP contribution in [0.1, 0.15) is 64.1 Å². The van der Waals surface area contributed by atoms with E-state index < -0.39 is 5.60 Å². The zero-order valence-corrected chi connectivity index (χ0v) is 20.2. The Kier molecular flexibility index (Phi) is 7.00. The van der Waals surface area contributed by atoms with Gasteiger partial charge in [-0.1, -0.05) is 12.2 Å². The molecule has 3 atom stereocenters. The first-order valence-corrected chi connectivity index (χ1v) is 11.9. The van der Waals surface area contributed by atoms with Gasteiger partial charge in [-0.25, -0.2) is 4.98 Å². The quantitative estimate of drug-likeness (QED) is 0.405. The average molecular weight is 463 g/mol. The van der Waals surface area contributed by atoms with Gasteiger partial charge in [-0.15, -0.1) is 0 Å².